The van der Waals surface area contributed by atoms with Gasteiger partial charge in [-0.25, -0.2) is 19.2 Å². The Bertz CT molecular complexity index is 2970. The number of nitrogens with zero attached hydrogens (tertiary/aromatic N) is 4. The van der Waals surface area contributed by atoms with Crippen LogP contribution in [0.25, 0.3) is 34.4 Å². The minimum Gasteiger partial charge on any atom is -0.461 e. The Kier molecular flexibility index (Phi) is 16.4. The molecule has 0 aliphatic carbocycles. The van der Waals surface area contributed by atoms with Gasteiger partial charge in [0.05, 0.1) is 68.8 Å². The fourth-order valence-electron chi connectivity index (χ4n) is 6.92. The zero-order chi connectivity index (χ0) is 49.2. The number of benzene rings is 6. The Morgan fingerprint density at radius 2 is 0.652 bits per heavy atom. The molecule has 0 saturated heterocycles. The molecular weight excluding hydrogens is 869 g/mol. The quantitative estimate of drug-likeness (QED) is 0.0343. The van der Waals surface area contributed by atoms with Crippen LogP contribution >= 0.6 is 0 Å². The summed E-state index contributed by atoms with van der Waals surface area (Å²) in [6.45, 7) is 4.72. The normalized spacial score (nSPS) is 11.0. The van der Waals surface area contributed by atoms with E-state index in [1.807, 2.05) is 12.1 Å². The average molecular weight is 909 g/mol. The second kappa shape index (κ2) is 23.3. The van der Waals surface area contributed by atoms with Crippen molar-refractivity contribution in [2.24, 2.45) is 5.41 Å². The molecule has 0 aromatic heterocycles. The summed E-state index contributed by atoms with van der Waals surface area (Å²) in [7, 11) is 0. The number of hydrogen-bond donors (Lipinski definition) is 0. The summed E-state index contributed by atoms with van der Waals surface area (Å²) >= 11 is 0. The Morgan fingerprint density at radius 1 is 0.391 bits per heavy atom. The minimum absolute atomic E-state index is 0.0394. The van der Waals surface area contributed by atoms with Crippen molar-refractivity contribution in [3.63, 3.8) is 0 Å². The van der Waals surface area contributed by atoms with E-state index in [-0.39, 0.29) is 66.8 Å². The molecule has 0 fully saturated rings. The van der Waals surface area contributed by atoms with Crippen molar-refractivity contribution in [2.75, 3.05) is 26.4 Å². The van der Waals surface area contributed by atoms with E-state index in [0.29, 0.717) is 11.1 Å². The highest BCUT2D eigenvalue weighted by molar-refractivity contribution is 6.23. The maximum atomic E-state index is 14.5. The highest BCUT2D eigenvalue weighted by Gasteiger charge is 2.40. The van der Waals surface area contributed by atoms with Crippen LogP contribution in [0.4, 0.5) is 0 Å². The lowest BCUT2D eigenvalue weighted by atomic mass is 9.91. The fraction of sp³-hybridized carbons (Fsp3) is 0.0877. The molecule has 6 rings (SSSR count). The fourth-order valence-corrected chi connectivity index (χ4v) is 6.92. The predicted octanol–water partition coefficient (Wildman–Crippen LogP) is 9.54. The smallest absolute Gasteiger partial charge is 0.338 e. The van der Waals surface area contributed by atoms with Gasteiger partial charge in [0.15, 0.2) is 0 Å². The molecular formula is C57H40N4O8. The van der Waals surface area contributed by atoms with Gasteiger partial charge in [0.2, 0.25) is 0 Å². The first-order valence-electron chi connectivity index (χ1n) is 21.1. The van der Waals surface area contributed by atoms with Gasteiger partial charge >= 0.3 is 23.9 Å². The van der Waals surface area contributed by atoms with E-state index >= 15 is 0 Å². The standard InChI is InChI=1S/C57H40N4O8/c1-39(47-25-13-9-21-43(47)31-58)53(62)66-35-57(36-67-54(63)40(2)48-26-14-10-22-44(48)32-59,37-68-55(64)51(29-41-17-5-3-6-18-41)49-27-15-11-23-45(49)33-60)38-69-56(65)52(30-42-19-7-4-8-20-42)50-28-16-12-24-46(50)34-61/h3-30H,1-2,35-38H2/b51-29-,52-30+. The second-order valence-corrected chi connectivity index (χ2v) is 15.3. The van der Waals surface area contributed by atoms with Crippen molar-refractivity contribution in [1.82, 2.24) is 0 Å². The lowest BCUT2D eigenvalue weighted by Gasteiger charge is -2.32. The molecule has 0 bridgehead atoms. The molecule has 6 aromatic carbocycles. The first kappa shape index (κ1) is 48.6. The third kappa shape index (κ3) is 12.3. The van der Waals surface area contributed by atoms with Crippen molar-refractivity contribution in [1.29, 1.82) is 21.0 Å². The molecule has 0 heterocycles. The van der Waals surface area contributed by atoms with E-state index < -0.39 is 55.7 Å². The summed E-state index contributed by atoms with van der Waals surface area (Å²) < 4.78 is 23.8. The van der Waals surface area contributed by atoms with Crippen LogP contribution in [0, 0.1) is 50.7 Å². The Morgan fingerprint density at radius 3 is 0.971 bits per heavy atom. The van der Waals surface area contributed by atoms with Crippen LogP contribution in [0.15, 0.2) is 171 Å². The summed E-state index contributed by atoms with van der Waals surface area (Å²) in [4.78, 5) is 56.8. The van der Waals surface area contributed by atoms with Gasteiger partial charge in [-0.2, -0.15) is 21.0 Å². The molecule has 0 amide bonds. The van der Waals surface area contributed by atoms with Crippen LogP contribution in [-0.4, -0.2) is 50.3 Å². The van der Waals surface area contributed by atoms with E-state index in [1.165, 1.54) is 48.6 Å². The van der Waals surface area contributed by atoms with Gasteiger partial charge in [-0.15, -0.1) is 0 Å². The molecule has 12 heteroatoms. The van der Waals surface area contributed by atoms with E-state index in [0.717, 1.165) is 0 Å². The molecule has 0 aliphatic rings. The highest BCUT2D eigenvalue weighted by Crippen LogP contribution is 2.31. The number of hydrogen-bond acceptors (Lipinski definition) is 12. The van der Waals surface area contributed by atoms with Crippen molar-refractivity contribution in [3.8, 4) is 24.3 Å². The maximum absolute atomic E-state index is 14.5. The number of carbonyl (C=O) groups is 4. The van der Waals surface area contributed by atoms with Gasteiger partial charge in [0, 0.05) is 22.3 Å². The van der Waals surface area contributed by atoms with Crippen LogP contribution in [-0.2, 0) is 38.1 Å². The van der Waals surface area contributed by atoms with Gasteiger partial charge < -0.3 is 18.9 Å². The summed E-state index contributed by atoms with van der Waals surface area (Å²) in [6.07, 6.45) is 3.06. The van der Waals surface area contributed by atoms with Crippen LogP contribution in [0.5, 0.6) is 0 Å². The third-order valence-corrected chi connectivity index (χ3v) is 10.6. The van der Waals surface area contributed by atoms with Crippen LogP contribution in [0.2, 0.25) is 0 Å². The first-order valence-corrected chi connectivity index (χ1v) is 21.1. The number of ether oxygens (including phenoxy) is 4. The SMILES string of the molecule is C=C(C(=O)OCC(COC(=O)C(=C)c1ccccc1C#N)(COC(=O)/C(=C\c1ccccc1)c1ccccc1C#N)COC(=O)/C(=C/c1ccccc1)c1ccccc1C#N)c1ccccc1C#N. The summed E-state index contributed by atoms with van der Waals surface area (Å²) in [5.41, 5.74) is 0.115. The molecule has 12 nitrogen and oxygen atoms in total. The van der Waals surface area contributed by atoms with E-state index in [9.17, 15) is 40.2 Å². The predicted molar refractivity (Wildman–Crippen MR) is 258 cm³/mol. The largest absolute Gasteiger partial charge is 0.461 e. The number of nitriles is 4. The first-order chi connectivity index (χ1) is 33.5. The van der Waals surface area contributed by atoms with Crippen molar-refractivity contribution < 1.29 is 38.1 Å². The molecule has 336 valence electrons. The van der Waals surface area contributed by atoms with E-state index in [4.69, 9.17) is 18.9 Å². The van der Waals surface area contributed by atoms with Crippen molar-refractivity contribution in [3.05, 3.63) is 227 Å². The highest BCUT2D eigenvalue weighted by atomic mass is 16.6. The Hall–Kier alpha value is -9.88. The molecule has 0 N–H and O–H groups in total. The van der Waals surface area contributed by atoms with Crippen LogP contribution in [0.3, 0.4) is 0 Å². The number of rotatable bonds is 18. The molecule has 0 aliphatic heterocycles. The van der Waals surface area contributed by atoms with Gasteiger partial charge in [0.25, 0.3) is 0 Å². The second-order valence-electron chi connectivity index (χ2n) is 15.3. The van der Waals surface area contributed by atoms with E-state index in [2.05, 4.69) is 25.3 Å². The summed E-state index contributed by atoms with van der Waals surface area (Å²) in [6, 6.07) is 51.0. The molecule has 69 heavy (non-hydrogen) atoms. The zero-order valence-electron chi connectivity index (χ0n) is 37.0. The van der Waals surface area contributed by atoms with Crippen molar-refractivity contribution in [2.45, 2.75) is 0 Å². The lowest BCUT2D eigenvalue weighted by molar-refractivity contribution is -0.163. The van der Waals surface area contributed by atoms with Crippen LogP contribution in [0.1, 0.15) is 55.6 Å². The summed E-state index contributed by atoms with van der Waals surface area (Å²) in [5.74, 6) is -3.94. The van der Waals surface area contributed by atoms with Crippen LogP contribution < -0.4 is 0 Å². The van der Waals surface area contributed by atoms with Gasteiger partial charge in [-0.05, 0) is 47.5 Å². The number of esters is 4. The molecule has 6 aromatic rings. The van der Waals surface area contributed by atoms with E-state index in [1.54, 1.807) is 121 Å². The van der Waals surface area contributed by atoms with Gasteiger partial charge in [-0.1, -0.05) is 147 Å². The zero-order valence-corrected chi connectivity index (χ0v) is 37.0. The molecule has 0 unspecified atom stereocenters. The molecule has 0 spiro atoms. The monoisotopic (exact) mass is 908 g/mol. The minimum atomic E-state index is -1.93. The Balaban J connectivity index is 1.44. The molecule has 0 saturated carbocycles. The Labute approximate surface area is 398 Å². The average Bonchev–Trinajstić information content (AvgIpc) is 3.40. The summed E-state index contributed by atoms with van der Waals surface area (Å²) in [5, 5.41) is 39.7. The lowest BCUT2D eigenvalue weighted by Crippen LogP contribution is -2.44. The topological polar surface area (TPSA) is 200 Å². The molecule has 0 atom stereocenters. The van der Waals surface area contributed by atoms with Gasteiger partial charge in [-0.3, -0.25) is 0 Å². The maximum Gasteiger partial charge on any atom is 0.338 e. The third-order valence-electron chi connectivity index (χ3n) is 10.6. The number of carbonyl (C=O) groups excluding carboxylic acids is 4. The molecule has 0 radical (unpaired) electrons. The van der Waals surface area contributed by atoms with Crippen molar-refractivity contribution >= 4 is 58.3 Å². The van der Waals surface area contributed by atoms with Gasteiger partial charge in [0.1, 0.15) is 31.8 Å².